The number of nitrogens with two attached hydrogens (primary N) is 1. The van der Waals surface area contributed by atoms with Gasteiger partial charge in [0, 0.05) is 29.6 Å². The maximum absolute atomic E-state index is 12.1. The Morgan fingerprint density at radius 2 is 1.60 bits per heavy atom. The molecule has 0 aliphatic carbocycles. The first-order chi connectivity index (χ1) is 14.5. The maximum atomic E-state index is 12.1. The van der Waals surface area contributed by atoms with Crippen LogP contribution in [0.15, 0.2) is 95.9 Å². The van der Waals surface area contributed by atoms with E-state index in [9.17, 15) is 15.0 Å². The smallest absolute Gasteiger partial charge is 0.223 e. The van der Waals surface area contributed by atoms with Crippen molar-refractivity contribution in [2.45, 2.75) is 12.5 Å². The molecule has 3 aromatic carbocycles. The van der Waals surface area contributed by atoms with Crippen molar-refractivity contribution in [2.24, 2.45) is 0 Å². The minimum atomic E-state index is -0.846. The Morgan fingerprint density at radius 1 is 0.867 bits per heavy atom. The van der Waals surface area contributed by atoms with Gasteiger partial charge in [-0.25, -0.2) is 0 Å². The van der Waals surface area contributed by atoms with E-state index in [4.69, 9.17) is 5.73 Å². The zero-order chi connectivity index (χ0) is 21.1. The molecule has 4 aromatic rings. The van der Waals surface area contributed by atoms with Gasteiger partial charge in [0.15, 0.2) is 5.75 Å². The van der Waals surface area contributed by atoms with E-state index in [1.165, 1.54) is 12.3 Å². The van der Waals surface area contributed by atoms with E-state index in [-0.39, 0.29) is 12.2 Å². The number of aliphatic hydroxyl groups excluding tert-OH is 1. The lowest BCUT2D eigenvalue weighted by atomic mass is 10.0. The Balaban J connectivity index is 1.75. The molecule has 0 fully saturated rings. The van der Waals surface area contributed by atoms with Crippen LogP contribution in [-0.2, 0) is 6.42 Å². The molecule has 5 heteroatoms. The van der Waals surface area contributed by atoms with Crippen molar-refractivity contribution in [3.8, 4) is 22.6 Å². The highest BCUT2D eigenvalue weighted by Crippen LogP contribution is 2.25. The Bertz CT molecular complexity index is 1230. The summed E-state index contributed by atoms with van der Waals surface area (Å²) in [7, 11) is 0. The zero-order valence-electron chi connectivity index (χ0n) is 16.3. The summed E-state index contributed by atoms with van der Waals surface area (Å²) in [5.41, 5.74) is 10.00. The molecular weight excluding hydrogens is 376 g/mol. The van der Waals surface area contributed by atoms with Gasteiger partial charge >= 0.3 is 0 Å². The van der Waals surface area contributed by atoms with Gasteiger partial charge in [-0.1, -0.05) is 54.6 Å². The molecule has 1 aromatic heterocycles. The number of aliphatic hydroxyl groups is 1. The largest absolute Gasteiger partial charge is 0.503 e. The van der Waals surface area contributed by atoms with E-state index in [1.807, 2.05) is 54.6 Å². The minimum Gasteiger partial charge on any atom is -0.503 e. The van der Waals surface area contributed by atoms with Crippen LogP contribution in [0.3, 0.4) is 0 Å². The summed E-state index contributed by atoms with van der Waals surface area (Å²) in [6.45, 7) is 0. The van der Waals surface area contributed by atoms with Crippen molar-refractivity contribution in [1.82, 2.24) is 4.57 Å². The molecular formula is C25H22N2O3. The van der Waals surface area contributed by atoms with Crippen LogP contribution in [0.4, 0.5) is 5.69 Å². The number of hydrogen-bond acceptors (Lipinski definition) is 4. The fourth-order valence-corrected chi connectivity index (χ4v) is 3.51. The monoisotopic (exact) mass is 398 g/mol. The van der Waals surface area contributed by atoms with Crippen molar-refractivity contribution in [3.05, 3.63) is 113 Å². The highest BCUT2D eigenvalue weighted by molar-refractivity contribution is 5.66. The number of rotatable bonds is 5. The lowest BCUT2D eigenvalue weighted by Gasteiger charge is -2.18. The summed E-state index contributed by atoms with van der Waals surface area (Å²) in [5.74, 6) is -0.345. The van der Waals surface area contributed by atoms with Gasteiger partial charge in [0.25, 0.3) is 0 Å². The number of aromatic hydroxyl groups is 1. The second-order valence-electron chi connectivity index (χ2n) is 7.19. The topological polar surface area (TPSA) is 88.5 Å². The van der Waals surface area contributed by atoms with Crippen molar-refractivity contribution in [1.29, 1.82) is 0 Å². The Morgan fingerprint density at radius 3 is 2.37 bits per heavy atom. The fourth-order valence-electron chi connectivity index (χ4n) is 3.51. The van der Waals surface area contributed by atoms with Crippen LogP contribution < -0.4 is 11.2 Å². The van der Waals surface area contributed by atoms with Crippen LogP contribution in [0, 0.1) is 0 Å². The van der Waals surface area contributed by atoms with Gasteiger partial charge in [-0.3, -0.25) is 4.79 Å². The number of anilines is 1. The molecule has 0 amide bonds. The minimum absolute atomic E-state index is 0.189. The molecule has 0 saturated carbocycles. The highest BCUT2D eigenvalue weighted by Gasteiger charge is 2.15. The molecule has 1 atom stereocenters. The molecule has 0 radical (unpaired) electrons. The normalized spacial score (nSPS) is 11.9. The first-order valence-corrected chi connectivity index (χ1v) is 9.65. The molecule has 0 aliphatic heterocycles. The molecule has 4 rings (SSSR count). The SMILES string of the molecule is Nc1cccc(C(O)Cc2cc(=O)c(O)cn2-c2cccc(-c3ccccc3)c2)c1. The van der Waals surface area contributed by atoms with Crippen molar-refractivity contribution in [2.75, 3.05) is 5.73 Å². The van der Waals surface area contributed by atoms with Gasteiger partial charge in [-0.2, -0.15) is 0 Å². The molecule has 1 unspecified atom stereocenters. The van der Waals surface area contributed by atoms with E-state index in [2.05, 4.69) is 0 Å². The first-order valence-electron chi connectivity index (χ1n) is 9.65. The van der Waals surface area contributed by atoms with Crippen molar-refractivity contribution in [3.63, 3.8) is 0 Å². The molecule has 4 N–H and O–H groups in total. The highest BCUT2D eigenvalue weighted by atomic mass is 16.3. The number of hydrogen-bond donors (Lipinski definition) is 3. The van der Waals surface area contributed by atoms with Crippen LogP contribution in [0.25, 0.3) is 16.8 Å². The average Bonchev–Trinajstić information content (AvgIpc) is 2.77. The van der Waals surface area contributed by atoms with E-state index >= 15 is 0 Å². The second-order valence-corrected chi connectivity index (χ2v) is 7.19. The number of aromatic nitrogens is 1. The number of nitrogen functional groups attached to an aromatic ring is 1. The lowest BCUT2D eigenvalue weighted by molar-refractivity contribution is 0.176. The van der Waals surface area contributed by atoms with Crippen molar-refractivity contribution < 1.29 is 10.2 Å². The molecule has 1 heterocycles. The van der Waals surface area contributed by atoms with E-state index in [0.29, 0.717) is 16.9 Å². The summed E-state index contributed by atoms with van der Waals surface area (Å²) >= 11 is 0. The average molecular weight is 398 g/mol. The standard InChI is InChI=1S/C25H22N2O3/c26-20-10-4-9-19(12-20)23(28)14-22-15-24(29)25(30)16-27(22)21-11-5-8-18(13-21)17-6-2-1-3-7-17/h1-13,15-16,23,28,30H,14,26H2. The quantitative estimate of drug-likeness (QED) is 0.442. The summed E-state index contributed by atoms with van der Waals surface area (Å²) in [4.78, 5) is 12.1. The van der Waals surface area contributed by atoms with Crippen LogP contribution in [-0.4, -0.2) is 14.8 Å². The predicted octanol–water partition coefficient (Wildman–Crippen LogP) is 4.07. The van der Waals surface area contributed by atoms with Crippen LogP contribution in [0.2, 0.25) is 0 Å². The van der Waals surface area contributed by atoms with E-state index < -0.39 is 11.5 Å². The number of nitrogens with zero attached hydrogens (tertiary/aromatic N) is 1. The van der Waals surface area contributed by atoms with Crippen LogP contribution in [0.5, 0.6) is 5.75 Å². The zero-order valence-corrected chi connectivity index (χ0v) is 16.3. The fraction of sp³-hybridized carbons (Fsp3) is 0.0800. The van der Waals surface area contributed by atoms with Gasteiger partial charge in [0.05, 0.1) is 12.3 Å². The molecule has 0 saturated heterocycles. The van der Waals surface area contributed by atoms with Gasteiger partial charge in [0.1, 0.15) is 0 Å². The third-order valence-electron chi connectivity index (χ3n) is 5.04. The first kappa shape index (κ1) is 19.5. The Labute approximate surface area is 174 Å². The third-order valence-corrected chi connectivity index (χ3v) is 5.04. The summed E-state index contributed by atoms with van der Waals surface area (Å²) in [5, 5.41) is 20.8. The molecule has 0 aliphatic rings. The van der Waals surface area contributed by atoms with Crippen molar-refractivity contribution >= 4 is 5.69 Å². The summed E-state index contributed by atoms with van der Waals surface area (Å²) in [6.07, 6.45) is 0.739. The maximum Gasteiger partial charge on any atom is 0.223 e. The molecule has 30 heavy (non-hydrogen) atoms. The van der Waals surface area contributed by atoms with Gasteiger partial charge in [-0.15, -0.1) is 0 Å². The summed E-state index contributed by atoms with van der Waals surface area (Å²) in [6, 6.07) is 26.1. The molecule has 5 nitrogen and oxygen atoms in total. The predicted molar refractivity (Wildman–Crippen MR) is 119 cm³/mol. The molecule has 150 valence electrons. The third kappa shape index (κ3) is 4.11. The van der Waals surface area contributed by atoms with Gasteiger partial charge in [-0.05, 0) is 41.0 Å². The number of pyridine rings is 1. The Hall–Kier alpha value is -3.83. The lowest BCUT2D eigenvalue weighted by Crippen LogP contribution is -2.14. The second kappa shape index (κ2) is 8.27. The van der Waals surface area contributed by atoms with Gasteiger partial charge < -0.3 is 20.5 Å². The molecule has 0 spiro atoms. The van der Waals surface area contributed by atoms with Crippen LogP contribution >= 0.6 is 0 Å². The Kier molecular flexibility index (Phi) is 5.37. The number of benzene rings is 3. The van der Waals surface area contributed by atoms with E-state index in [0.717, 1.165) is 16.8 Å². The summed E-state index contributed by atoms with van der Waals surface area (Å²) < 4.78 is 1.73. The molecule has 0 bridgehead atoms. The van der Waals surface area contributed by atoms with Gasteiger partial charge in [0.2, 0.25) is 5.43 Å². The van der Waals surface area contributed by atoms with E-state index in [1.54, 1.807) is 28.8 Å². The van der Waals surface area contributed by atoms with Crippen LogP contribution in [0.1, 0.15) is 17.4 Å².